The normalized spacial score (nSPS) is 12.2. The summed E-state index contributed by atoms with van der Waals surface area (Å²) in [5, 5.41) is 12.4. The quantitative estimate of drug-likeness (QED) is 0.266. The lowest BCUT2D eigenvalue weighted by atomic mass is 9.98. The number of carbonyl (C=O) groups excluding carboxylic acids is 1. The predicted octanol–water partition coefficient (Wildman–Crippen LogP) is 4.61. The molecule has 0 bridgehead atoms. The van der Waals surface area contributed by atoms with Gasteiger partial charge in [-0.2, -0.15) is 0 Å². The smallest absolute Gasteiger partial charge is 0.305 e. The molecule has 1 aromatic heterocycles. The summed E-state index contributed by atoms with van der Waals surface area (Å²) in [4.78, 5) is 28.2. The minimum absolute atomic E-state index is 0.122. The fourth-order valence-electron chi connectivity index (χ4n) is 4.70. The Morgan fingerprint density at radius 2 is 1.64 bits per heavy atom. The van der Waals surface area contributed by atoms with Crippen LogP contribution in [0.3, 0.4) is 0 Å². The van der Waals surface area contributed by atoms with E-state index in [-0.39, 0.29) is 17.3 Å². The van der Waals surface area contributed by atoms with Gasteiger partial charge >= 0.3 is 5.97 Å². The van der Waals surface area contributed by atoms with Crippen LogP contribution in [0, 0.1) is 20.8 Å². The minimum atomic E-state index is -4.02. The number of carbonyl (C=O) groups is 2. The van der Waals surface area contributed by atoms with Gasteiger partial charge in [-0.3, -0.25) is 9.59 Å². The second kappa shape index (κ2) is 11.6. The monoisotopic (exact) mass is 546 g/mol. The molecule has 9 nitrogen and oxygen atoms in total. The van der Waals surface area contributed by atoms with Gasteiger partial charge in [0.25, 0.3) is 0 Å². The van der Waals surface area contributed by atoms with Crippen molar-refractivity contribution >= 4 is 27.6 Å². The number of hydrogen-bond acceptors (Lipinski definition) is 5. The van der Waals surface area contributed by atoms with Crippen LogP contribution in [0.2, 0.25) is 0 Å². The number of nitrogens with one attached hydrogen (secondary N) is 2. The van der Waals surface area contributed by atoms with Gasteiger partial charge in [-0.25, -0.2) is 18.1 Å². The van der Waals surface area contributed by atoms with Gasteiger partial charge in [0.05, 0.1) is 23.7 Å². The standard InChI is InChI=1S/C29H30N4O5S/c1-19-12-20(2)29(21(3)13-19)39(37,38)32-26(16-28(35)36)24-8-4-6-22(14-24)23-7-5-9-25(15-23)31-27(34)17-33-11-10-30-18-33/h4-15,18,26,32H,16-17H2,1-3H3,(H,31,34)(H,35,36)/t26-/m1/s1. The topological polar surface area (TPSA) is 130 Å². The maximum Gasteiger partial charge on any atom is 0.305 e. The van der Waals surface area contributed by atoms with E-state index in [1.807, 2.05) is 19.1 Å². The number of carboxylic acid groups (broad SMARTS) is 1. The number of rotatable bonds is 10. The fourth-order valence-corrected chi connectivity index (χ4v) is 6.37. The Balaban J connectivity index is 1.61. The third-order valence-corrected chi connectivity index (χ3v) is 7.98. The van der Waals surface area contributed by atoms with E-state index in [1.165, 1.54) is 0 Å². The van der Waals surface area contributed by atoms with Crippen molar-refractivity contribution in [2.45, 2.75) is 44.7 Å². The Hall–Kier alpha value is -4.28. The first-order chi connectivity index (χ1) is 18.5. The number of aromatic nitrogens is 2. The molecule has 0 saturated heterocycles. The summed E-state index contributed by atoms with van der Waals surface area (Å²) in [5.41, 5.74) is 4.75. The molecule has 0 spiro atoms. The maximum absolute atomic E-state index is 13.4. The molecule has 0 radical (unpaired) electrons. The minimum Gasteiger partial charge on any atom is -0.481 e. The lowest BCUT2D eigenvalue weighted by Gasteiger charge is -2.20. The van der Waals surface area contributed by atoms with Gasteiger partial charge in [0.15, 0.2) is 0 Å². The highest BCUT2D eigenvalue weighted by molar-refractivity contribution is 7.89. The number of benzene rings is 3. The van der Waals surface area contributed by atoms with Gasteiger partial charge < -0.3 is 15.0 Å². The van der Waals surface area contributed by atoms with E-state index >= 15 is 0 Å². The van der Waals surface area contributed by atoms with Gasteiger partial charge in [0.1, 0.15) is 6.54 Å². The Kier molecular flexibility index (Phi) is 8.27. The molecular weight excluding hydrogens is 516 g/mol. The molecule has 0 unspecified atom stereocenters. The zero-order valence-corrected chi connectivity index (χ0v) is 22.7. The second-order valence-corrected chi connectivity index (χ2v) is 11.1. The van der Waals surface area contributed by atoms with Crippen LogP contribution in [0.15, 0.2) is 84.3 Å². The summed E-state index contributed by atoms with van der Waals surface area (Å²) in [6.07, 6.45) is 4.42. The van der Waals surface area contributed by atoms with Crippen LogP contribution < -0.4 is 10.0 Å². The van der Waals surface area contributed by atoms with Gasteiger partial charge in [-0.15, -0.1) is 0 Å². The van der Waals surface area contributed by atoms with E-state index in [1.54, 1.807) is 85.7 Å². The number of hydrogen-bond donors (Lipinski definition) is 3. The number of sulfonamides is 1. The van der Waals surface area contributed by atoms with E-state index in [0.717, 1.165) is 16.7 Å². The number of imidazole rings is 1. The Morgan fingerprint density at radius 1 is 0.974 bits per heavy atom. The van der Waals surface area contributed by atoms with Crippen molar-refractivity contribution in [2.24, 2.45) is 0 Å². The molecule has 4 aromatic rings. The van der Waals surface area contributed by atoms with Gasteiger partial charge in [-0.05, 0) is 66.8 Å². The third-order valence-electron chi connectivity index (χ3n) is 6.20. The van der Waals surface area contributed by atoms with E-state index in [4.69, 9.17) is 0 Å². The van der Waals surface area contributed by atoms with E-state index < -0.39 is 28.5 Å². The molecule has 202 valence electrons. The highest BCUT2D eigenvalue weighted by Gasteiger charge is 2.26. The Labute approximate surface area is 227 Å². The summed E-state index contributed by atoms with van der Waals surface area (Å²) in [5.74, 6) is -1.34. The van der Waals surface area contributed by atoms with Crippen LogP contribution in [0.25, 0.3) is 11.1 Å². The lowest BCUT2D eigenvalue weighted by Crippen LogP contribution is -2.31. The fraction of sp³-hybridized carbons (Fsp3) is 0.207. The van der Waals surface area contributed by atoms with Gasteiger partial charge in [0, 0.05) is 18.1 Å². The summed E-state index contributed by atoms with van der Waals surface area (Å²) in [6.45, 7) is 5.46. The molecular formula is C29H30N4O5S. The van der Waals surface area contributed by atoms with Crippen molar-refractivity contribution in [1.29, 1.82) is 0 Å². The second-order valence-electron chi connectivity index (χ2n) is 9.49. The average molecular weight is 547 g/mol. The molecule has 10 heteroatoms. The van der Waals surface area contributed by atoms with Crippen LogP contribution in [0.4, 0.5) is 5.69 Å². The number of nitrogens with zero attached hydrogens (tertiary/aromatic N) is 2. The van der Waals surface area contributed by atoms with E-state index in [2.05, 4.69) is 15.0 Å². The first-order valence-electron chi connectivity index (χ1n) is 12.3. The molecule has 0 saturated carbocycles. The van der Waals surface area contributed by atoms with Crippen molar-refractivity contribution in [1.82, 2.24) is 14.3 Å². The average Bonchev–Trinajstić information content (AvgIpc) is 3.35. The predicted molar refractivity (Wildman–Crippen MR) is 149 cm³/mol. The Morgan fingerprint density at radius 3 is 2.28 bits per heavy atom. The van der Waals surface area contributed by atoms with Crippen molar-refractivity contribution < 1.29 is 23.1 Å². The van der Waals surface area contributed by atoms with Crippen molar-refractivity contribution in [3.8, 4) is 11.1 Å². The zero-order valence-electron chi connectivity index (χ0n) is 21.9. The maximum atomic E-state index is 13.4. The van der Waals surface area contributed by atoms with Crippen molar-refractivity contribution in [3.05, 3.63) is 102 Å². The molecule has 3 N–H and O–H groups in total. The highest BCUT2D eigenvalue weighted by atomic mass is 32.2. The van der Waals surface area contributed by atoms with Gasteiger partial charge in [0.2, 0.25) is 15.9 Å². The summed E-state index contributed by atoms with van der Waals surface area (Å²) in [7, 11) is -4.02. The first-order valence-corrected chi connectivity index (χ1v) is 13.8. The third kappa shape index (κ3) is 6.98. The van der Waals surface area contributed by atoms with Crippen molar-refractivity contribution in [3.63, 3.8) is 0 Å². The highest BCUT2D eigenvalue weighted by Crippen LogP contribution is 2.29. The van der Waals surface area contributed by atoms with E-state index in [9.17, 15) is 23.1 Å². The van der Waals surface area contributed by atoms with E-state index in [0.29, 0.717) is 22.4 Å². The number of aliphatic carboxylic acids is 1. The number of carboxylic acids is 1. The summed E-state index contributed by atoms with van der Waals surface area (Å²) in [6, 6.07) is 16.9. The molecule has 0 fully saturated rings. The Bertz CT molecular complexity index is 1590. The van der Waals surface area contributed by atoms with Crippen LogP contribution in [0.5, 0.6) is 0 Å². The molecule has 0 aliphatic heterocycles. The van der Waals surface area contributed by atoms with Crippen LogP contribution in [0.1, 0.15) is 34.7 Å². The summed E-state index contributed by atoms with van der Waals surface area (Å²) >= 11 is 0. The molecule has 1 atom stereocenters. The van der Waals surface area contributed by atoms with Gasteiger partial charge in [-0.1, -0.05) is 48.0 Å². The largest absolute Gasteiger partial charge is 0.481 e. The number of aryl methyl sites for hydroxylation is 3. The molecule has 0 aliphatic carbocycles. The molecule has 0 aliphatic rings. The number of amides is 1. The van der Waals surface area contributed by atoms with Crippen molar-refractivity contribution in [2.75, 3.05) is 5.32 Å². The number of anilines is 1. The molecule has 3 aromatic carbocycles. The van der Waals surface area contributed by atoms with Crippen LogP contribution in [-0.2, 0) is 26.2 Å². The first kappa shape index (κ1) is 27.7. The lowest BCUT2D eigenvalue weighted by molar-refractivity contribution is -0.137. The summed E-state index contributed by atoms with van der Waals surface area (Å²) < 4.78 is 31.1. The molecule has 1 amide bonds. The zero-order chi connectivity index (χ0) is 28.2. The molecule has 4 rings (SSSR count). The van der Waals surface area contributed by atoms with Crippen LogP contribution in [-0.4, -0.2) is 35.0 Å². The van der Waals surface area contributed by atoms with Crippen LogP contribution >= 0.6 is 0 Å². The molecule has 1 heterocycles. The SMILES string of the molecule is Cc1cc(C)c(S(=O)(=O)N[C@H](CC(=O)O)c2cccc(-c3cccc(NC(=O)Cn4ccnc4)c3)c2)c(C)c1. The molecule has 39 heavy (non-hydrogen) atoms.